The van der Waals surface area contributed by atoms with Crippen LogP contribution < -0.4 is 0 Å². The molecule has 0 spiro atoms. The van der Waals surface area contributed by atoms with E-state index < -0.39 is 0 Å². The van der Waals surface area contributed by atoms with Gasteiger partial charge in [-0.2, -0.15) is 10.2 Å². The molecule has 26 heavy (non-hydrogen) atoms. The number of rotatable bonds is 4. The molecule has 5 nitrogen and oxygen atoms in total. The Morgan fingerprint density at radius 3 is 2.69 bits per heavy atom. The SMILES string of the molecule is Cc1ncc(-c2ccc3nnc(CC(=O)C4CCCCC4)cc3c2)n1C. The molecular formula is C21H24N4O. The van der Waals surface area contributed by atoms with E-state index in [1.165, 1.54) is 19.3 Å². The number of aromatic nitrogens is 4. The summed E-state index contributed by atoms with van der Waals surface area (Å²) in [5.74, 6) is 1.51. The van der Waals surface area contributed by atoms with Crippen LogP contribution >= 0.6 is 0 Å². The molecule has 5 heteroatoms. The van der Waals surface area contributed by atoms with Gasteiger partial charge < -0.3 is 4.57 Å². The normalized spacial score (nSPS) is 15.5. The summed E-state index contributed by atoms with van der Waals surface area (Å²) in [5.41, 5.74) is 3.78. The van der Waals surface area contributed by atoms with E-state index in [-0.39, 0.29) is 5.92 Å². The first-order valence-corrected chi connectivity index (χ1v) is 9.39. The molecule has 0 N–H and O–H groups in total. The summed E-state index contributed by atoms with van der Waals surface area (Å²) in [7, 11) is 2.01. The van der Waals surface area contributed by atoms with Gasteiger partial charge in [-0.3, -0.25) is 4.79 Å². The Kier molecular flexibility index (Phi) is 4.53. The topological polar surface area (TPSA) is 60.7 Å². The summed E-state index contributed by atoms with van der Waals surface area (Å²) < 4.78 is 2.07. The van der Waals surface area contributed by atoms with Gasteiger partial charge in [-0.15, -0.1) is 0 Å². The van der Waals surface area contributed by atoms with Crippen LogP contribution in [0.25, 0.3) is 22.2 Å². The standard InChI is InChI=1S/C21H24N4O/c1-14-22-13-20(25(14)2)16-8-9-19-17(10-16)11-18(23-24-19)12-21(26)15-6-4-3-5-7-15/h8-11,13,15H,3-7,12H2,1-2H3. The lowest BCUT2D eigenvalue weighted by molar-refractivity contribution is -0.123. The van der Waals surface area contributed by atoms with Crippen molar-refractivity contribution in [2.24, 2.45) is 13.0 Å². The quantitative estimate of drug-likeness (QED) is 0.714. The van der Waals surface area contributed by atoms with E-state index in [0.29, 0.717) is 12.2 Å². The molecule has 0 aliphatic heterocycles. The molecule has 0 unspecified atom stereocenters. The lowest BCUT2D eigenvalue weighted by atomic mass is 9.85. The Bertz CT molecular complexity index is 954. The second kappa shape index (κ2) is 6.98. The minimum atomic E-state index is 0.213. The highest BCUT2D eigenvalue weighted by molar-refractivity contribution is 5.86. The average Bonchev–Trinajstić information content (AvgIpc) is 3.00. The Labute approximate surface area is 153 Å². The zero-order chi connectivity index (χ0) is 18.1. The van der Waals surface area contributed by atoms with E-state index >= 15 is 0 Å². The minimum Gasteiger partial charge on any atom is -0.331 e. The second-order valence-electron chi connectivity index (χ2n) is 7.34. The molecule has 3 aromatic rings. The third-order valence-corrected chi connectivity index (χ3v) is 5.57. The summed E-state index contributed by atoms with van der Waals surface area (Å²) in [6, 6.07) is 8.14. The number of aryl methyl sites for hydroxylation is 1. The fourth-order valence-electron chi connectivity index (χ4n) is 3.85. The molecule has 1 aliphatic carbocycles. The fraction of sp³-hybridized carbons (Fsp3) is 0.429. The lowest BCUT2D eigenvalue weighted by Crippen LogP contribution is -2.20. The van der Waals surface area contributed by atoms with Crippen molar-refractivity contribution < 1.29 is 4.79 Å². The number of benzene rings is 1. The highest BCUT2D eigenvalue weighted by Gasteiger charge is 2.21. The molecule has 134 valence electrons. The van der Waals surface area contributed by atoms with Gasteiger partial charge in [-0.25, -0.2) is 4.98 Å². The number of ketones is 1. The van der Waals surface area contributed by atoms with Crippen LogP contribution in [0.3, 0.4) is 0 Å². The molecular weight excluding hydrogens is 324 g/mol. The van der Waals surface area contributed by atoms with Crippen LogP contribution in [0.2, 0.25) is 0 Å². The number of imidazole rings is 1. The first-order valence-electron chi connectivity index (χ1n) is 9.39. The number of hydrogen-bond donors (Lipinski definition) is 0. The molecule has 1 aliphatic rings. The maximum Gasteiger partial charge on any atom is 0.141 e. The van der Waals surface area contributed by atoms with Crippen molar-refractivity contribution in [1.29, 1.82) is 0 Å². The van der Waals surface area contributed by atoms with Crippen LogP contribution in [-0.4, -0.2) is 25.5 Å². The van der Waals surface area contributed by atoms with Crippen molar-refractivity contribution in [2.75, 3.05) is 0 Å². The fourth-order valence-corrected chi connectivity index (χ4v) is 3.85. The van der Waals surface area contributed by atoms with Gasteiger partial charge in [0.25, 0.3) is 0 Å². The molecule has 0 bridgehead atoms. The van der Waals surface area contributed by atoms with Crippen LogP contribution in [0.15, 0.2) is 30.5 Å². The summed E-state index contributed by atoms with van der Waals surface area (Å²) in [6.07, 6.45) is 7.95. The molecule has 2 aromatic heterocycles. The zero-order valence-corrected chi connectivity index (χ0v) is 15.4. The maximum atomic E-state index is 12.6. The Hall–Kier alpha value is -2.56. The van der Waals surface area contributed by atoms with Crippen LogP contribution in [0.5, 0.6) is 0 Å². The van der Waals surface area contributed by atoms with Crippen molar-refractivity contribution >= 4 is 16.7 Å². The van der Waals surface area contributed by atoms with Gasteiger partial charge in [-0.05, 0) is 38.0 Å². The van der Waals surface area contributed by atoms with Gasteiger partial charge in [0.1, 0.15) is 11.6 Å². The molecule has 1 fully saturated rings. The van der Waals surface area contributed by atoms with E-state index in [1.54, 1.807) is 0 Å². The van der Waals surface area contributed by atoms with Gasteiger partial charge in [0.15, 0.2) is 0 Å². The van der Waals surface area contributed by atoms with Gasteiger partial charge in [0.05, 0.1) is 29.5 Å². The van der Waals surface area contributed by atoms with Gasteiger partial charge in [0, 0.05) is 23.9 Å². The summed E-state index contributed by atoms with van der Waals surface area (Å²) >= 11 is 0. The van der Waals surface area contributed by atoms with Gasteiger partial charge in [0.2, 0.25) is 0 Å². The van der Waals surface area contributed by atoms with E-state index in [2.05, 4.69) is 25.8 Å². The number of Topliss-reactive ketones (excluding diaryl/α,β-unsaturated/α-hetero) is 1. The van der Waals surface area contributed by atoms with Crippen LogP contribution in [0, 0.1) is 12.8 Å². The molecule has 4 rings (SSSR count). The van der Waals surface area contributed by atoms with Crippen molar-refractivity contribution in [3.05, 3.63) is 42.0 Å². The minimum absolute atomic E-state index is 0.213. The highest BCUT2D eigenvalue weighted by atomic mass is 16.1. The predicted octanol–water partition coefficient (Wildman–Crippen LogP) is 4.03. The van der Waals surface area contributed by atoms with Crippen LogP contribution in [0.1, 0.15) is 43.6 Å². The number of nitrogens with zero attached hydrogens (tertiary/aromatic N) is 4. The molecule has 0 saturated heterocycles. The molecule has 2 heterocycles. The number of hydrogen-bond acceptors (Lipinski definition) is 4. The Balaban J connectivity index is 1.61. The third kappa shape index (κ3) is 3.26. The highest BCUT2D eigenvalue weighted by Crippen LogP contribution is 2.27. The number of carbonyl (C=O) groups excluding carboxylic acids is 1. The number of carbonyl (C=O) groups is 1. The van der Waals surface area contributed by atoms with Crippen molar-refractivity contribution in [3.63, 3.8) is 0 Å². The summed E-state index contributed by atoms with van der Waals surface area (Å²) in [5, 5.41) is 9.61. The van der Waals surface area contributed by atoms with E-state index in [0.717, 1.165) is 46.5 Å². The Morgan fingerprint density at radius 2 is 1.96 bits per heavy atom. The van der Waals surface area contributed by atoms with Crippen LogP contribution in [-0.2, 0) is 18.3 Å². The molecule has 1 aromatic carbocycles. The van der Waals surface area contributed by atoms with Crippen molar-refractivity contribution in [1.82, 2.24) is 19.7 Å². The first kappa shape index (κ1) is 16.9. The van der Waals surface area contributed by atoms with Gasteiger partial charge >= 0.3 is 0 Å². The molecule has 0 radical (unpaired) electrons. The van der Waals surface area contributed by atoms with E-state index in [9.17, 15) is 4.79 Å². The lowest BCUT2D eigenvalue weighted by Gasteiger charge is -2.19. The summed E-state index contributed by atoms with van der Waals surface area (Å²) in [6.45, 7) is 1.99. The average molecular weight is 348 g/mol. The third-order valence-electron chi connectivity index (χ3n) is 5.57. The zero-order valence-electron chi connectivity index (χ0n) is 15.4. The monoisotopic (exact) mass is 348 g/mol. The molecule has 0 atom stereocenters. The summed E-state index contributed by atoms with van der Waals surface area (Å²) in [4.78, 5) is 16.9. The van der Waals surface area contributed by atoms with E-state index in [4.69, 9.17) is 0 Å². The Morgan fingerprint density at radius 1 is 1.15 bits per heavy atom. The molecule has 1 saturated carbocycles. The predicted molar refractivity (Wildman–Crippen MR) is 102 cm³/mol. The van der Waals surface area contributed by atoms with Crippen LogP contribution in [0.4, 0.5) is 0 Å². The number of fused-ring (bicyclic) bond motifs is 1. The van der Waals surface area contributed by atoms with Crippen molar-refractivity contribution in [2.45, 2.75) is 45.4 Å². The largest absolute Gasteiger partial charge is 0.331 e. The van der Waals surface area contributed by atoms with E-state index in [1.807, 2.05) is 38.4 Å². The van der Waals surface area contributed by atoms with Crippen molar-refractivity contribution in [3.8, 4) is 11.3 Å². The molecule has 0 amide bonds. The second-order valence-corrected chi connectivity index (χ2v) is 7.34. The maximum absolute atomic E-state index is 12.6. The first-order chi connectivity index (χ1) is 12.6. The van der Waals surface area contributed by atoms with Gasteiger partial charge in [-0.1, -0.05) is 25.3 Å². The smallest absolute Gasteiger partial charge is 0.141 e.